The second-order valence-electron chi connectivity index (χ2n) is 2.01. The van der Waals surface area contributed by atoms with Gasteiger partial charge in [-0.15, -0.1) is 0 Å². The van der Waals surface area contributed by atoms with Gasteiger partial charge in [-0.1, -0.05) is 0 Å². The van der Waals surface area contributed by atoms with E-state index >= 15 is 0 Å². The van der Waals surface area contributed by atoms with Crippen molar-refractivity contribution >= 4 is 11.1 Å². The van der Waals surface area contributed by atoms with Crippen LogP contribution < -0.4 is 18.9 Å². The molecule has 1 heterocycles. The summed E-state index contributed by atoms with van der Waals surface area (Å²) in [7, 11) is 0. The first-order valence-electron chi connectivity index (χ1n) is 2.82. The summed E-state index contributed by atoms with van der Waals surface area (Å²) in [5.41, 5.74) is 0.228. The van der Waals surface area contributed by atoms with Crippen LogP contribution in [-0.4, -0.2) is 13.7 Å². The van der Waals surface area contributed by atoms with Crippen LogP contribution in [0.1, 0.15) is 5.56 Å². The Bertz CT molecular complexity index is 308. The molecule has 0 amide bonds. The zero-order valence-electron chi connectivity index (χ0n) is 6.70. The number of aryl methyl sites for hydroxylation is 1. The third-order valence-electron chi connectivity index (χ3n) is 1.18. The molecular weight excluding hydrogens is 176 g/mol. The second-order valence-corrected chi connectivity index (χ2v) is 2.95. The SMILES string of the molecule is Cc1cc(S(=O)[O-])cnc1F.[Li+]. The van der Waals surface area contributed by atoms with Gasteiger partial charge in [0.05, 0.1) is 0 Å². The van der Waals surface area contributed by atoms with E-state index in [4.69, 9.17) is 0 Å². The smallest absolute Gasteiger partial charge is 0.768 e. The Labute approximate surface area is 83.9 Å². The van der Waals surface area contributed by atoms with Gasteiger partial charge in [0.2, 0.25) is 5.95 Å². The Morgan fingerprint density at radius 2 is 2.25 bits per heavy atom. The minimum absolute atomic E-state index is 0. The maximum Gasteiger partial charge on any atom is 1.00 e. The Kier molecular flexibility index (Phi) is 4.64. The molecule has 0 aliphatic rings. The fourth-order valence-electron chi connectivity index (χ4n) is 0.623. The van der Waals surface area contributed by atoms with Gasteiger partial charge in [-0.05, 0) is 24.1 Å². The van der Waals surface area contributed by atoms with Crippen LogP contribution in [0.2, 0.25) is 0 Å². The van der Waals surface area contributed by atoms with Crippen molar-refractivity contribution in [1.82, 2.24) is 4.98 Å². The average Bonchev–Trinajstić information content (AvgIpc) is 1.94. The summed E-state index contributed by atoms with van der Waals surface area (Å²) in [5, 5.41) is 0. The Balaban J connectivity index is 0.00000121. The van der Waals surface area contributed by atoms with Crippen LogP contribution in [0.4, 0.5) is 4.39 Å². The Hall–Kier alpha value is -0.213. The van der Waals surface area contributed by atoms with E-state index in [0.717, 1.165) is 6.20 Å². The largest absolute Gasteiger partial charge is 1.00 e. The van der Waals surface area contributed by atoms with Gasteiger partial charge in [0.1, 0.15) is 0 Å². The first-order chi connectivity index (χ1) is 5.11. The number of halogens is 1. The summed E-state index contributed by atoms with van der Waals surface area (Å²) >= 11 is -2.33. The molecule has 0 bridgehead atoms. The third kappa shape index (κ3) is 2.68. The molecule has 3 nitrogen and oxygen atoms in total. The minimum Gasteiger partial charge on any atom is -0.768 e. The number of rotatable bonds is 1. The van der Waals surface area contributed by atoms with Gasteiger partial charge in [-0.3, -0.25) is 4.21 Å². The average molecular weight is 181 g/mol. The molecule has 0 radical (unpaired) electrons. The summed E-state index contributed by atoms with van der Waals surface area (Å²) in [6.45, 7) is 1.46. The standard InChI is InChI=1S/C6H6FNO2S.Li/c1-4-2-5(11(9)10)3-8-6(4)7;/h2-3H,1H3,(H,9,10);/q;+1/p-1. The summed E-state index contributed by atoms with van der Waals surface area (Å²) in [6, 6.07) is 1.23. The van der Waals surface area contributed by atoms with Gasteiger partial charge in [-0.2, -0.15) is 4.39 Å². The van der Waals surface area contributed by atoms with E-state index in [1.54, 1.807) is 0 Å². The molecule has 1 rings (SSSR count). The molecule has 60 valence electrons. The normalized spacial score (nSPS) is 11.9. The fraction of sp³-hybridized carbons (Fsp3) is 0.167. The fourth-order valence-corrected chi connectivity index (χ4v) is 1.04. The molecule has 0 saturated carbocycles. The molecule has 0 aromatic carbocycles. The van der Waals surface area contributed by atoms with Crippen LogP contribution in [0.3, 0.4) is 0 Å². The minimum atomic E-state index is -2.33. The quantitative estimate of drug-likeness (QED) is 0.280. The zero-order valence-corrected chi connectivity index (χ0v) is 7.52. The topological polar surface area (TPSA) is 53.0 Å². The van der Waals surface area contributed by atoms with Gasteiger partial charge in [-0.25, -0.2) is 4.98 Å². The Morgan fingerprint density at radius 1 is 1.67 bits per heavy atom. The van der Waals surface area contributed by atoms with E-state index < -0.39 is 17.0 Å². The van der Waals surface area contributed by atoms with Crippen LogP contribution in [0.5, 0.6) is 0 Å². The molecule has 1 aromatic rings. The van der Waals surface area contributed by atoms with E-state index in [1.165, 1.54) is 13.0 Å². The van der Waals surface area contributed by atoms with E-state index in [9.17, 15) is 13.2 Å². The molecule has 0 N–H and O–H groups in total. The monoisotopic (exact) mass is 181 g/mol. The van der Waals surface area contributed by atoms with Gasteiger partial charge >= 0.3 is 18.9 Å². The molecule has 0 aliphatic heterocycles. The van der Waals surface area contributed by atoms with Crippen LogP contribution in [0.25, 0.3) is 0 Å². The van der Waals surface area contributed by atoms with Gasteiger partial charge in [0.15, 0.2) is 0 Å². The van der Waals surface area contributed by atoms with Crippen LogP contribution in [0, 0.1) is 12.9 Å². The summed E-state index contributed by atoms with van der Waals surface area (Å²) < 4.78 is 33.1. The van der Waals surface area contributed by atoms with Crippen LogP contribution in [0.15, 0.2) is 17.2 Å². The first kappa shape index (κ1) is 11.8. The molecule has 0 aliphatic carbocycles. The molecule has 6 heteroatoms. The summed E-state index contributed by atoms with van der Waals surface area (Å²) in [5.74, 6) is -0.640. The first-order valence-corrected chi connectivity index (χ1v) is 3.90. The number of aromatic nitrogens is 1. The molecule has 0 saturated heterocycles. The van der Waals surface area contributed by atoms with Crippen LogP contribution in [-0.2, 0) is 11.1 Å². The number of hydrogen-bond acceptors (Lipinski definition) is 3. The molecule has 12 heavy (non-hydrogen) atoms. The maximum atomic E-state index is 12.5. The van der Waals surface area contributed by atoms with Crippen molar-refractivity contribution in [2.45, 2.75) is 11.8 Å². The van der Waals surface area contributed by atoms with E-state index in [-0.39, 0.29) is 29.3 Å². The van der Waals surface area contributed by atoms with Crippen LogP contribution >= 0.6 is 0 Å². The third-order valence-corrected chi connectivity index (χ3v) is 1.79. The number of nitrogens with zero attached hydrogens (tertiary/aromatic N) is 1. The van der Waals surface area contributed by atoms with Crippen molar-refractivity contribution < 1.29 is 32.0 Å². The Morgan fingerprint density at radius 3 is 2.67 bits per heavy atom. The molecule has 1 unspecified atom stereocenters. The predicted octanol–water partition coefficient (Wildman–Crippen LogP) is -2.23. The number of pyridine rings is 1. The molecule has 0 fully saturated rings. The molecule has 1 aromatic heterocycles. The van der Waals surface area contributed by atoms with Crippen molar-refractivity contribution in [1.29, 1.82) is 0 Å². The zero-order chi connectivity index (χ0) is 8.43. The molecule has 1 atom stereocenters. The maximum absolute atomic E-state index is 12.5. The van der Waals surface area contributed by atoms with E-state index in [0.29, 0.717) is 0 Å². The van der Waals surface area contributed by atoms with E-state index in [1.807, 2.05) is 0 Å². The second kappa shape index (κ2) is 4.73. The van der Waals surface area contributed by atoms with Gasteiger partial charge < -0.3 is 4.55 Å². The van der Waals surface area contributed by atoms with Crippen molar-refractivity contribution in [3.05, 3.63) is 23.8 Å². The van der Waals surface area contributed by atoms with Gasteiger partial charge in [0.25, 0.3) is 0 Å². The van der Waals surface area contributed by atoms with Crippen molar-refractivity contribution in [3.63, 3.8) is 0 Å². The molecule has 0 spiro atoms. The van der Waals surface area contributed by atoms with Gasteiger partial charge in [0, 0.05) is 16.7 Å². The van der Waals surface area contributed by atoms with Crippen molar-refractivity contribution in [3.8, 4) is 0 Å². The van der Waals surface area contributed by atoms with Crippen molar-refractivity contribution in [2.24, 2.45) is 0 Å². The summed E-state index contributed by atoms with van der Waals surface area (Å²) in [4.78, 5) is 3.24. The molecular formula is C6H5FLiNO2S. The number of hydrogen-bond donors (Lipinski definition) is 0. The van der Waals surface area contributed by atoms with E-state index in [2.05, 4.69) is 4.98 Å². The van der Waals surface area contributed by atoms with Crippen molar-refractivity contribution in [2.75, 3.05) is 0 Å². The predicted molar refractivity (Wildman–Crippen MR) is 36.1 cm³/mol. The summed E-state index contributed by atoms with van der Waals surface area (Å²) in [6.07, 6.45) is 0.978.